The van der Waals surface area contributed by atoms with E-state index in [-0.39, 0.29) is 16.7 Å². The summed E-state index contributed by atoms with van der Waals surface area (Å²) in [6.07, 6.45) is 0. The second kappa shape index (κ2) is 5.65. The average Bonchev–Trinajstić information content (AvgIpc) is 2.28. The summed E-state index contributed by atoms with van der Waals surface area (Å²) in [6.45, 7) is 6.50. The van der Waals surface area contributed by atoms with Gasteiger partial charge in [0, 0.05) is 24.6 Å². The van der Waals surface area contributed by atoms with E-state index in [2.05, 4.69) is 11.9 Å². The van der Waals surface area contributed by atoms with Crippen molar-refractivity contribution in [1.82, 2.24) is 5.32 Å². The number of phenolic OH excluding ortho intramolecular Hbond substituents is 1. The van der Waals surface area contributed by atoms with E-state index in [1.807, 2.05) is 14.0 Å². The molecule has 2 atom stereocenters. The van der Waals surface area contributed by atoms with Crippen molar-refractivity contribution < 1.29 is 10.2 Å². The van der Waals surface area contributed by atoms with Gasteiger partial charge in [0.05, 0.1) is 0 Å². The van der Waals surface area contributed by atoms with Gasteiger partial charge in [0.25, 0.3) is 0 Å². The predicted octanol–water partition coefficient (Wildman–Crippen LogP) is 0.776. The zero-order valence-electron chi connectivity index (χ0n) is 9.66. The largest absolute Gasteiger partial charge is 0.624 e. The summed E-state index contributed by atoms with van der Waals surface area (Å²) >= 11 is 0. The number of hydroxylamine groups is 1. The first-order chi connectivity index (χ1) is 7.56. The van der Waals surface area contributed by atoms with Gasteiger partial charge in [-0.2, -0.15) is 0 Å². The van der Waals surface area contributed by atoms with Gasteiger partial charge in [-0.15, -0.1) is 0 Å². The van der Waals surface area contributed by atoms with Crippen LogP contribution in [-0.2, 0) is 0 Å². The minimum absolute atomic E-state index is 0.0669. The van der Waals surface area contributed by atoms with Crippen LogP contribution in [0, 0.1) is 11.1 Å². The van der Waals surface area contributed by atoms with Crippen molar-refractivity contribution in [3.05, 3.63) is 41.7 Å². The fourth-order valence-corrected chi connectivity index (χ4v) is 1.45. The summed E-state index contributed by atoms with van der Waals surface area (Å²) in [7, 11) is 1.84. The van der Waals surface area contributed by atoms with Crippen molar-refractivity contribution in [3.63, 3.8) is 0 Å². The Hall–Kier alpha value is -1.36. The summed E-state index contributed by atoms with van der Waals surface area (Å²) in [4.78, 5) is 0. The highest BCUT2D eigenvalue weighted by atomic mass is 16.5. The Balaban J connectivity index is 2.73. The van der Waals surface area contributed by atoms with E-state index in [0.717, 1.165) is 6.54 Å². The molecule has 0 bridgehead atoms. The van der Waals surface area contributed by atoms with Crippen LogP contribution in [0.2, 0.25) is 0 Å². The number of hydrogen-bond acceptors (Lipinski definition) is 3. The molecule has 4 nitrogen and oxygen atoms in total. The van der Waals surface area contributed by atoms with Crippen molar-refractivity contribution in [3.8, 4) is 5.75 Å². The van der Waals surface area contributed by atoms with Crippen LogP contribution in [0.5, 0.6) is 5.75 Å². The summed E-state index contributed by atoms with van der Waals surface area (Å²) in [5, 5.41) is 24.0. The number of nitrogens with one attached hydrogen (secondary N) is 2. The van der Waals surface area contributed by atoms with Crippen LogP contribution in [0.1, 0.15) is 6.92 Å². The van der Waals surface area contributed by atoms with Crippen LogP contribution in [0.25, 0.3) is 0 Å². The van der Waals surface area contributed by atoms with Gasteiger partial charge < -0.3 is 20.7 Å². The minimum atomic E-state index is -0.0669. The van der Waals surface area contributed by atoms with E-state index in [9.17, 15) is 5.21 Å². The number of aromatic hydroxyl groups is 1. The maximum absolute atomic E-state index is 12.0. The van der Waals surface area contributed by atoms with Gasteiger partial charge >= 0.3 is 0 Å². The number of hydrogen-bond donors (Lipinski definition) is 3. The van der Waals surface area contributed by atoms with Crippen LogP contribution >= 0.6 is 0 Å². The third-order valence-electron chi connectivity index (χ3n) is 2.53. The van der Waals surface area contributed by atoms with E-state index in [0.29, 0.717) is 11.4 Å². The Morgan fingerprint density at radius 2 is 2.06 bits per heavy atom. The van der Waals surface area contributed by atoms with Gasteiger partial charge in [0.2, 0.25) is 0 Å². The molecule has 3 N–H and O–H groups in total. The smallest absolute Gasteiger partial charge is 0.136 e. The van der Waals surface area contributed by atoms with Crippen molar-refractivity contribution in [2.24, 2.45) is 5.92 Å². The first-order valence-corrected chi connectivity index (χ1v) is 5.23. The maximum atomic E-state index is 12.0. The summed E-state index contributed by atoms with van der Waals surface area (Å²) in [5.41, 5.74) is 1.14. The van der Waals surface area contributed by atoms with Crippen molar-refractivity contribution in [1.29, 1.82) is 0 Å². The summed E-state index contributed by atoms with van der Waals surface area (Å²) in [6, 6.07) is 6.22. The quantitative estimate of drug-likeness (QED) is 0.509. The molecule has 0 heterocycles. The van der Waals surface area contributed by atoms with Crippen molar-refractivity contribution in [2.45, 2.75) is 6.92 Å². The SMILES string of the molecule is C=C(C(C)CNC)[NH+]([O-])c1ccc(O)cc1. The molecule has 1 rings (SSSR count). The van der Waals surface area contributed by atoms with Gasteiger partial charge in [0.1, 0.15) is 17.1 Å². The van der Waals surface area contributed by atoms with Crippen LogP contribution in [0.3, 0.4) is 0 Å². The Morgan fingerprint density at radius 1 is 1.50 bits per heavy atom. The number of rotatable bonds is 5. The molecule has 0 aromatic heterocycles. The Labute approximate surface area is 95.8 Å². The Morgan fingerprint density at radius 3 is 2.56 bits per heavy atom. The molecular weight excluding hydrogens is 204 g/mol. The predicted molar refractivity (Wildman–Crippen MR) is 64.3 cm³/mol. The monoisotopic (exact) mass is 222 g/mol. The van der Waals surface area contributed by atoms with Crippen LogP contribution in [0.4, 0.5) is 5.69 Å². The Bertz CT molecular complexity index is 349. The molecule has 2 unspecified atom stereocenters. The molecule has 0 fully saturated rings. The zero-order valence-corrected chi connectivity index (χ0v) is 9.66. The highest BCUT2D eigenvalue weighted by Crippen LogP contribution is 2.12. The van der Waals surface area contributed by atoms with E-state index < -0.39 is 0 Å². The molecule has 0 saturated heterocycles. The fourth-order valence-electron chi connectivity index (χ4n) is 1.45. The molecule has 0 saturated carbocycles. The van der Waals surface area contributed by atoms with Crippen molar-refractivity contribution in [2.75, 3.05) is 13.6 Å². The van der Waals surface area contributed by atoms with Gasteiger partial charge in [-0.3, -0.25) is 0 Å². The second-order valence-corrected chi connectivity index (χ2v) is 3.86. The molecule has 0 spiro atoms. The van der Waals surface area contributed by atoms with Crippen LogP contribution in [0.15, 0.2) is 36.5 Å². The molecule has 0 amide bonds. The van der Waals surface area contributed by atoms with Gasteiger partial charge in [-0.1, -0.05) is 6.92 Å². The molecule has 0 aliphatic rings. The second-order valence-electron chi connectivity index (χ2n) is 3.86. The molecular formula is C12H18N2O2. The van der Waals surface area contributed by atoms with Crippen LogP contribution in [-0.4, -0.2) is 18.7 Å². The third-order valence-corrected chi connectivity index (χ3v) is 2.53. The van der Waals surface area contributed by atoms with E-state index in [1.165, 1.54) is 12.1 Å². The standard InChI is InChI=1S/C12H18N2O2/c1-9(8-13-3)10(2)14(16)11-4-6-12(15)7-5-11/h4-7,9,13-15H,2,8H2,1,3H3. The fraction of sp³-hybridized carbons (Fsp3) is 0.333. The van der Waals surface area contributed by atoms with E-state index >= 15 is 0 Å². The van der Waals surface area contributed by atoms with E-state index in [1.54, 1.807) is 12.1 Å². The van der Waals surface area contributed by atoms with Crippen LogP contribution < -0.4 is 10.4 Å². The van der Waals surface area contributed by atoms with Gasteiger partial charge in [0.15, 0.2) is 0 Å². The third kappa shape index (κ3) is 3.06. The van der Waals surface area contributed by atoms with Gasteiger partial charge in [-0.05, 0) is 25.8 Å². The molecule has 0 aliphatic heterocycles. The molecule has 4 heteroatoms. The van der Waals surface area contributed by atoms with Crippen molar-refractivity contribution >= 4 is 5.69 Å². The number of benzene rings is 1. The molecule has 0 radical (unpaired) electrons. The molecule has 1 aromatic rings. The molecule has 88 valence electrons. The normalized spacial score (nSPS) is 14.4. The number of phenols is 1. The summed E-state index contributed by atoms with van der Waals surface area (Å²) < 4.78 is 0. The molecule has 16 heavy (non-hydrogen) atoms. The zero-order chi connectivity index (χ0) is 12.1. The highest BCUT2D eigenvalue weighted by Gasteiger charge is 2.14. The first-order valence-electron chi connectivity index (χ1n) is 5.23. The lowest BCUT2D eigenvalue weighted by Crippen LogP contribution is -3.00. The Kier molecular flexibility index (Phi) is 4.49. The summed E-state index contributed by atoms with van der Waals surface area (Å²) in [5.74, 6) is 0.261. The molecule has 0 aliphatic carbocycles. The van der Waals surface area contributed by atoms with E-state index in [4.69, 9.17) is 5.11 Å². The first kappa shape index (κ1) is 12.7. The minimum Gasteiger partial charge on any atom is -0.624 e. The lowest BCUT2D eigenvalue weighted by Gasteiger charge is -2.26. The average molecular weight is 222 g/mol. The molecule has 1 aromatic carbocycles. The van der Waals surface area contributed by atoms with Gasteiger partial charge in [-0.25, -0.2) is 0 Å². The topological polar surface area (TPSA) is 59.8 Å². The highest BCUT2D eigenvalue weighted by molar-refractivity contribution is 5.35. The maximum Gasteiger partial charge on any atom is 0.136 e. The lowest BCUT2D eigenvalue weighted by molar-refractivity contribution is -0.735. The number of quaternary nitrogens is 1. The lowest BCUT2D eigenvalue weighted by atomic mass is 10.1.